The van der Waals surface area contributed by atoms with Gasteiger partial charge in [0.05, 0.1) is 35.8 Å². The van der Waals surface area contributed by atoms with Crippen LogP contribution in [0.25, 0.3) is 6.08 Å². The molecule has 1 aliphatic rings. The quantitative estimate of drug-likeness (QED) is 0.304. The number of hydrogen-bond donors (Lipinski definition) is 1. The lowest BCUT2D eigenvalue weighted by Crippen LogP contribution is -2.36. The summed E-state index contributed by atoms with van der Waals surface area (Å²) >= 11 is 10.2. The van der Waals surface area contributed by atoms with E-state index in [1.807, 2.05) is 6.92 Å². The molecule has 0 aromatic heterocycles. The van der Waals surface area contributed by atoms with Crippen LogP contribution in [0.15, 0.2) is 39.7 Å². The Morgan fingerprint density at radius 1 is 1.14 bits per heavy atom. The van der Waals surface area contributed by atoms with E-state index in [1.165, 1.54) is 31.4 Å². The second kappa shape index (κ2) is 12.3. The summed E-state index contributed by atoms with van der Waals surface area (Å²) in [5.74, 6) is -0.869. The first-order valence-corrected chi connectivity index (χ1v) is 12.7. The summed E-state index contributed by atoms with van der Waals surface area (Å²) in [6.07, 6.45) is 1.54. The molecule has 0 radical (unpaired) electrons. The van der Waals surface area contributed by atoms with Gasteiger partial charge in [-0.1, -0.05) is 27.5 Å². The molecule has 0 aliphatic carbocycles. The number of thioether (sulfide) groups is 1. The second-order valence-corrected chi connectivity index (χ2v) is 9.44. The molecule has 0 atom stereocenters. The van der Waals surface area contributed by atoms with Crippen molar-refractivity contribution in [3.05, 3.63) is 55.9 Å². The number of halogens is 2. The lowest BCUT2D eigenvalue weighted by Gasteiger charge is -2.13. The average molecular weight is 598 g/mol. The minimum atomic E-state index is -0.633. The summed E-state index contributed by atoms with van der Waals surface area (Å²) in [6.45, 7) is 3.61. The van der Waals surface area contributed by atoms with Gasteiger partial charge in [-0.2, -0.15) is 0 Å². The van der Waals surface area contributed by atoms with Crippen molar-refractivity contribution in [2.45, 2.75) is 13.8 Å². The van der Waals surface area contributed by atoms with Crippen LogP contribution < -0.4 is 14.8 Å². The first kappa shape index (κ1) is 27.6. The third-order valence-corrected chi connectivity index (χ3v) is 6.71. The minimum Gasteiger partial charge on any atom is -0.493 e. The lowest BCUT2D eigenvalue weighted by atomic mass is 10.2. The van der Waals surface area contributed by atoms with Crippen LogP contribution in [-0.2, 0) is 14.3 Å². The summed E-state index contributed by atoms with van der Waals surface area (Å²) in [7, 11) is 1.50. The van der Waals surface area contributed by atoms with Crippen LogP contribution in [0.1, 0.15) is 29.8 Å². The van der Waals surface area contributed by atoms with Crippen molar-refractivity contribution >= 4 is 74.1 Å². The van der Waals surface area contributed by atoms with E-state index in [-0.39, 0.29) is 27.8 Å². The number of ether oxygens (including phenoxy) is 3. The number of nitrogens with one attached hydrogen (secondary N) is 1. The van der Waals surface area contributed by atoms with Gasteiger partial charge in [0.25, 0.3) is 11.1 Å². The Labute approximate surface area is 225 Å². The van der Waals surface area contributed by atoms with Crippen LogP contribution >= 0.6 is 39.3 Å². The van der Waals surface area contributed by atoms with E-state index in [9.17, 15) is 19.2 Å². The molecule has 9 nitrogen and oxygen atoms in total. The molecule has 1 fully saturated rings. The number of rotatable bonds is 9. The Balaban J connectivity index is 1.74. The zero-order valence-corrected chi connectivity index (χ0v) is 22.7. The first-order chi connectivity index (χ1) is 17.2. The van der Waals surface area contributed by atoms with E-state index in [1.54, 1.807) is 19.1 Å². The maximum absolute atomic E-state index is 12.9. The number of carbonyl (C=O) groups is 4. The molecule has 1 aliphatic heterocycles. The fraction of sp³-hybridized carbons (Fsp3) is 0.250. The van der Waals surface area contributed by atoms with Crippen LogP contribution in [-0.4, -0.2) is 54.8 Å². The number of imide groups is 1. The van der Waals surface area contributed by atoms with Gasteiger partial charge in [0, 0.05) is 10.2 Å². The van der Waals surface area contributed by atoms with Gasteiger partial charge in [0.15, 0.2) is 11.5 Å². The number of carbonyl (C=O) groups excluding carboxylic acids is 4. The van der Waals surface area contributed by atoms with Crippen LogP contribution in [0.5, 0.6) is 11.5 Å². The molecule has 12 heteroatoms. The van der Waals surface area contributed by atoms with Crippen molar-refractivity contribution in [1.29, 1.82) is 0 Å². The zero-order chi connectivity index (χ0) is 26.4. The molecule has 3 rings (SSSR count). The summed E-state index contributed by atoms with van der Waals surface area (Å²) in [6, 6.07) is 7.69. The SMILES string of the molecule is CCOC(=O)c1cc(NC(=O)CN2C(=O)S/C(=C\c3cc(OC)c(OCC)cc3Br)C2=O)ccc1Cl. The Bertz CT molecular complexity index is 1250. The van der Waals surface area contributed by atoms with Crippen molar-refractivity contribution in [1.82, 2.24) is 4.90 Å². The van der Waals surface area contributed by atoms with Crippen LogP contribution in [0.3, 0.4) is 0 Å². The molecule has 1 heterocycles. The van der Waals surface area contributed by atoms with Crippen molar-refractivity contribution < 1.29 is 33.4 Å². The molecule has 1 N–H and O–H groups in total. The number of amides is 3. The Morgan fingerprint density at radius 3 is 2.56 bits per heavy atom. The average Bonchev–Trinajstić information content (AvgIpc) is 3.09. The number of methoxy groups -OCH3 is 1. The molecule has 0 spiro atoms. The van der Waals surface area contributed by atoms with Gasteiger partial charge in [-0.25, -0.2) is 4.79 Å². The van der Waals surface area contributed by atoms with Crippen molar-refractivity contribution in [3.63, 3.8) is 0 Å². The molecular weight excluding hydrogens is 576 g/mol. The highest BCUT2D eigenvalue weighted by atomic mass is 79.9. The molecule has 2 aromatic carbocycles. The predicted molar refractivity (Wildman–Crippen MR) is 141 cm³/mol. The smallest absolute Gasteiger partial charge is 0.339 e. The topological polar surface area (TPSA) is 111 Å². The van der Waals surface area contributed by atoms with Crippen LogP contribution in [0.2, 0.25) is 5.02 Å². The fourth-order valence-corrected chi connectivity index (χ4v) is 4.64. The molecule has 3 amide bonds. The fourth-order valence-electron chi connectivity index (χ4n) is 3.18. The maximum Gasteiger partial charge on any atom is 0.339 e. The van der Waals surface area contributed by atoms with Gasteiger partial charge in [-0.05, 0) is 67.6 Å². The summed E-state index contributed by atoms with van der Waals surface area (Å²) in [5, 5.41) is 2.15. The number of esters is 1. The Hall–Kier alpha value is -3.02. The second-order valence-electron chi connectivity index (χ2n) is 7.19. The summed E-state index contributed by atoms with van der Waals surface area (Å²) in [5.41, 5.74) is 0.945. The number of anilines is 1. The van der Waals surface area contributed by atoms with Crippen LogP contribution in [0.4, 0.5) is 10.5 Å². The van der Waals surface area contributed by atoms with Gasteiger partial charge in [0.1, 0.15) is 6.54 Å². The number of nitrogens with zero attached hydrogens (tertiary/aromatic N) is 1. The van der Waals surface area contributed by atoms with Crippen molar-refractivity contribution in [2.75, 3.05) is 32.2 Å². The largest absolute Gasteiger partial charge is 0.493 e. The summed E-state index contributed by atoms with van der Waals surface area (Å²) < 4.78 is 16.5. The van der Waals surface area contributed by atoms with Crippen LogP contribution in [0, 0.1) is 0 Å². The molecule has 190 valence electrons. The van der Waals surface area contributed by atoms with E-state index in [0.29, 0.717) is 28.1 Å². The molecule has 0 unspecified atom stereocenters. The van der Waals surface area contributed by atoms with E-state index < -0.39 is 29.6 Å². The minimum absolute atomic E-state index is 0.0850. The zero-order valence-electron chi connectivity index (χ0n) is 19.6. The van der Waals surface area contributed by atoms with Crippen molar-refractivity contribution in [2.24, 2.45) is 0 Å². The Morgan fingerprint density at radius 2 is 1.89 bits per heavy atom. The Kier molecular flexibility index (Phi) is 9.41. The number of benzene rings is 2. The van der Waals surface area contributed by atoms with Crippen molar-refractivity contribution in [3.8, 4) is 11.5 Å². The van der Waals surface area contributed by atoms with Gasteiger partial charge in [-0.3, -0.25) is 19.3 Å². The highest BCUT2D eigenvalue weighted by Crippen LogP contribution is 2.38. The van der Waals surface area contributed by atoms with Gasteiger partial charge in [0.2, 0.25) is 5.91 Å². The molecule has 2 aromatic rings. The van der Waals surface area contributed by atoms with E-state index >= 15 is 0 Å². The molecule has 36 heavy (non-hydrogen) atoms. The maximum atomic E-state index is 12.9. The van der Waals surface area contributed by atoms with Gasteiger partial charge in [-0.15, -0.1) is 0 Å². The molecule has 1 saturated heterocycles. The predicted octanol–water partition coefficient (Wildman–Crippen LogP) is 5.36. The highest BCUT2D eigenvalue weighted by molar-refractivity contribution is 9.10. The van der Waals surface area contributed by atoms with E-state index in [4.69, 9.17) is 25.8 Å². The third-order valence-electron chi connectivity index (χ3n) is 4.79. The molecule has 0 bridgehead atoms. The normalized spacial score (nSPS) is 14.2. The molecule has 0 saturated carbocycles. The standard InChI is InChI=1S/C24H22BrClN2O7S/c1-4-34-19-11-16(25)13(8-18(19)33-3)9-20-22(30)28(24(32)36-20)12-21(29)27-14-6-7-17(26)15(10-14)23(31)35-5-2/h6-11H,4-5,12H2,1-3H3,(H,27,29)/b20-9-. The third kappa shape index (κ3) is 6.40. The van der Waals surface area contributed by atoms with Gasteiger partial charge >= 0.3 is 5.97 Å². The van der Waals surface area contributed by atoms with E-state index in [0.717, 1.165) is 16.7 Å². The lowest BCUT2D eigenvalue weighted by molar-refractivity contribution is -0.127. The van der Waals surface area contributed by atoms with E-state index in [2.05, 4.69) is 21.2 Å². The first-order valence-electron chi connectivity index (χ1n) is 10.7. The highest BCUT2D eigenvalue weighted by Gasteiger charge is 2.36. The summed E-state index contributed by atoms with van der Waals surface area (Å²) in [4.78, 5) is 51.0. The molecular formula is C24H22BrClN2O7S. The monoisotopic (exact) mass is 596 g/mol. The number of hydrogen-bond acceptors (Lipinski definition) is 8. The van der Waals surface area contributed by atoms with Gasteiger partial charge < -0.3 is 19.5 Å².